The number of rotatable bonds is 13. The Hall–Kier alpha value is -4.51. The van der Waals surface area contributed by atoms with E-state index in [9.17, 15) is 32.4 Å². The first-order chi connectivity index (χ1) is 27.7. The van der Waals surface area contributed by atoms with Gasteiger partial charge in [0.25, 0.3) is 5.91 Å². The zero-order valence-corrected chi connectivity index (χ0v) is 38.2. The number of hydrogen-bond acceptors (Lipinski definition) is 10. The van der Waals surface area contributed by atoms with Gasteiger partial charge in [0, 0.05) is 29.4 Å². The molecule has 60 heavy (non-hydrogen) atoms. The molecule has 2 unspecified atom stereocenters. The summed E-state index contributed by atoms with van der Waals surface area (Å²) in [5, 5.41) is 8.45. The van der Waals surface area contributed by atoms with E-state index in [0.717, 1.165) is 16.3 Å². The molecule has 0 bridgehead atoms. The fourth-order valence-electron chi connectivity index (χ4n) is 8.31. The van der Waals surface area contributed by atoms with Gasteiger partial charge in [0.05, 0.1) is 21.5 Å². The maximum absolute atomic E-state index is 14.9. The van der Waals surface area contributed by atoms with Gasteiger partial charge in [-0.25, -0.2) is 23.0 Å². The van der Waals surface area contributed by atoms with E-state index >= 15 is 0 Å². The molecule has 15 nitrogen and oxygen atoms in total. The lowest BCUT2D eigenvalue weighted by Crippen LogP contribution is -2.61. The normalized spacial score (nSPS) is 24.8. The molecule has 1 saturated heterocycles. The molecule has 1 aromatic carbocycles. The highest BCUT2D eigenvalue weighted by atomic mass is 32.2. The third-order valence-corrected chi connectivity index (χ3v) is 15.4. The Labute approximate surface area is 356 Å². The van der Waals surface area contributed by atoms with E-state index in [-0.39, 0.29) is 36.9 Å². The van der Waals surface area contributed by atoms with Gasteiger partial charge in [0.15, 0.2) is 0 Å². The quantitative estimate of drug-likeness (QED) is 0.149. The third-order valence-electron chi connectivity index (χ3n) is 12.3. The maximum Gasteiger partial charge on any atom is 0.408 e. The molecule has 3 aliphatic rings. The van der Waals surface area contributed by atoms with Gasteiger partial charge in [-0.3, -0.25) is 23.7 Å². The van der Waals surface area contributed by atoms with Crippen molar-refractivity contribution in [2.24, 2.45) is 23.2 Å². The second-order valence-corrected chi connectivity index (χ2v) is 22.8. The molecule has 328 valence electrons. The minimum Gasteiger partial charge on any atom is -0.444 e. The lowest BCUT2D eigenvalue weighted by atomic mass is 9.84. The highest BCUT2D eigenvalue weighted by molar-refractivity contribution is 7.91. The lowest BCUT2D eigenvalue weighted by Gasteiger charge is -2.37. The van der Waals surface area contributed by atoms with Crippen molar-refractivity contribution in [3.05, 3.63) is 52.4 Å². The molecule has 3 aromatic rings. The van der Waals surface area contributed by atoms with E-state index in [2.05, 4.69) is 40.8 Å². The van der Waals surface area contributed by atoms with Crippen molar-refractivity contribution in [2.75, 3.05) is 6.54 Å². The summed E-state index contributed by atoms with van der Waals surface area (Å²) in [7, 11) is -4.04. The first-order valence-electron chi connectivity index (χ1n) is 20.7. The zero-order chi connectivity index (χ0) is 44.5. The Morgan fingerprint density at radius 2 is 1.78 bits per heavy atom. The van der Waals surface area contributed by atoms with E-state index in [0.29, 0.717) is 23.9 Å². The van der Waals surface area contributed by atoms with Gasteiger partial charge in [-0.1, -0.05) is 53.7 Å². The number of likely N-dealkylation sites (tertiary alicyclic amines) is 1. The van der Waals surface area contributed by atoms with Gasteiger partial charge in [-0.05, 0) is 95.6 Å². The molecule has 3 fully saturated rings. The number of para-hydroxylation sites is 1. The van der Waals surface area contributed by atoms with E-state index < -0.39 is 85.1 Å². The summed E-state index contributed by atoms with van der Waals surface area (Å²) < 4.78 is 34.8. The fraction of sp³-hybridized carbons (Fsp3) is 0.628. The van der Waals surface area contributed by atoms with Crippen molar-refractivity contribution in [3.8, 4) is 10.6 Å². The van der Waals surface area contributed by atoms with Crippen LogP contribution in [-0.2, 0) is 29.1 Å². The predicted molar refractivity (Wildman–Crippen MR) is 232 cm³/mol. The molecule has 7 atom stereocenters. The van der Waals surface area contributed by atoms with Crippen LogP contribution in [0.2, 0.25) is 0 Å². The number of amides is 4. The molecule has 1 aliphatic heterocycles. The first-order valence-corrected chi connectivity index (χ1v) is 23.1. The molecular formula is C43H61N7O8S2. The van der Waals surface area contributed by atoms with Crippen molar-refractivity contribution in [3.63, 3.8) is 0 Å². The number of ether oxygens (including phenoxy) is 1. The summed E-state index contributed by atoms with van der Waals surface area (Å²) in [6.45, 7) is 24.0. The van der Waals surface area contributed by atoms with Crippen molar-refractivity contribution in [1.29, 1.82) is 0 Å². The number of nitrogens with zero attached hydrogens (tertiary/aromatic N) is 3. The number of benzene rings is 1. The summed E-state index contributed by atoms with van der Waals surface area (Å²) in [6, 6.07) is 2.89. The number of imidazole rings is 1. The molecule has 17 heteroatoms. The molecule has 4 amide bonds. The molecule has 2 aliphatic carbocycles. The number of sulfonamides is 1. The lowest BCUT2D eigenvalue weighted by molar-refractivity contribution is -0.144. The third kappa shape index (κ3) is 8.66. The predicted octanol–water partition coefficient (Wildman–Crippen LogP) is 5.99. The van der Waals surface area contributed by atoms with Gasteiger partial charge in [-0.2, -0.15) is 0 Å². The monoisotopic (exact) mass is 867 g/mol. The largest absolute Gasteiger partial charge is 0.444 e. The number of hydrogen-bond donors (Lipinski definition) is 4. The van der Waals surface area contributed by atoms with Crippen molar-refractivity contribution < 1.29 is 32.3 Å². The van der Waals surface area contributed by atoms with Crippen LogP contribution < -0.4 is 21.0 Å². The number of aromatic nitrogens is 3. The van der Waals surface area contributed by atoms with Crippen LogP contribution in [0, 0.1) is 23.2 Å². The van der Waals surface area contributed by atoms with Crippen LogP contribution in [-0.4, -0.2) is 86.2 Å². The number of carbonyl (C=O) groups excluding carboxylic acids is 4. The van der Waals surface area contributed by atoms with Crippen LogP contribution in [0.3, 0.4) is 0 Å². The Morgan fingerprint density at radius 3 is 2.33 bits per heavy atom. The Morgan fingerprint density at radius 1 is 1.12 bits per heavy atom. The van der Waals surface area contributed by atoms with E-state index in [4.69, 9.17) is 9.72 Å². The molecule has 4 N–H and O–H groups in total. The number of H-pyrrole nitrogens is 1. The highest BCUT2D eigenvalue weighted by Crippen LogP contribution is 2.48. The minimum absolute atomic E-state index is 0.118. The first kappa shape index (κ1) is 45.0. The standard InChI is InChI=1S/C43H61N7O8S2/c1-13-26-20-43(26,37(53)48-60(56,57)42(12)17-18-42)47-34(51)32-28(24(4)21-49(32)36(52)33(40(6,7)8)46-39(55)58-41(9,10)11)19-25(5)50-30-16-14-15-27(31(30)45-38(50)54)35-44-29(22-59-35)23(2)3/h13-16,22-26,28,32-33H,1,17-21H2,2-12H3,(H,45,54)(H,46,55)(H,47,51)(H,48,53)/t24-,25?,26+,28?,32-,33+,43+/m0/s1. The van der Waals surface area contributed by atoms with Crippen LogP contribution in [0.15, 0.2) is 41.0 Å². The SMILES string of the molecule is C=C[C@@H]1C[C@]1(NC(=O)[C@@H]1C(CC(C)n2c(=O)[nH]c3c(-c4nc(C(C)C)cs4)cccc32)[C@@H](C)CN1C(=O)[C@@H](NC(=O)OC(C)(C)C)C(C)(C)C)C(=O)NS(=O)(=O)C1(C)CC1. The molecule has 3 heterocycles. The average Bonchev–Trinajstić information content (AvgIpc) is 3.87. The van der Waals surface area contributed by atoms with Crippen molar-refractivity contribution in [1.82, 2.24) is 34.8 Å². The molecule has 0 radical (unpaired) electrons. The summed E-state index contributed by atoms with van der Waals surface area (Å²) in [5.74, 6) is -3.19. The molecule has 2 aromatic heterocycles. The molecule has 0 spiro atoms. The number of carbonyl (C=O) groups is 4. The van der Waals surface area contributed by atoms with Crippen molar-refractivity contribution >= 4 is 56.2 Å². The minimum atomic E-state index is -4.04. The van der Waals surface area contributed by atoms with Crippen LogP contribution in [0.5, 0.6) is 0 Å². The fourth-order valence-corrected chi connectivity index (χ4v) is 10.6. The highest BCUT2D eigenvalue weighted by Gasteiger charge is 2.63. The van der Waals surface area contributed by atoms with Gasteiger partial charge in [0.1, 0.15) is 28.2 Å². The summed E-state index contributed by atoms with van der Waals surface area (Å²) >= 11 is 1.51. The number of alkyl carbamates (subject to hydrolysis) is 1. The summed E-state index contributed by atoms with van der Waals surface area (Å²) in [5.41, 5.74) is -0.570. The van der Waals surface area contributed by atoms with Gasteiger partial charge < -0.3 is 25.3 Å². The Bertz CT molecular complexity index is 2360. The van der Waals surface area contributed by atoms with Crippen LogP contribution in [0.4, 0.5) is 4.79 Å². The number of aromatic amines is 1. The second-order valence-electron chi connectivity index (χ2n) is 19.7. The summed E-state index contributed by atoms with van der Waals surface area (Å²) in [6.07, 6.45) is 1.93. The number of thiazole rings is 1. The van der Waals surface area contributed by atoms with Crippen LogP contribution in [0.25, 0.3) is 21.6 Å². The second kappa shape index (κ2) is 15.8. The van der Waals surface area contributed by atoms with Crippen molar-refractivity contribution in [2.45, 2.75) is 142 Å². The smallest absolute Gasteiger partial charge is 0.408 e. The topological polar surface area (TPSA) is 202 Å². The zero-order valence-electron chi connectivity index (χ0n) is 36.6. The van der Waals surface area contributed by atoms with Gasteiger partial charge >= 0.3 is 11.8 Å². The van der Waals surface area contributed by atoms with Gasteiger partial charge in [-0.15, -0.1) is 17.9 Å². The summed E-state index contributed by atoms with van der Waals surface area (Å²) in [4.78, 5) is 80.0. The van der Waals surface area contributed by atoms with Gasteiger partial charge in [0.2, 0.25) is 21.8 Å². The molecular weight excluding hydrogens is 807 g/mol. The van der Waals surface area contributed by atoms with E-state index in [1.807, 2.05) is 37.4 Å². The van der Waals surface area contributed by atoms with Crippen LogP contribution >= 0.6 is 11.3 Å². The van der Waals surface area contributed by atoms with E-state index in [1.54, 1.807) is 53.0 Å². The molecule has 2 saturated carbocycles. The average molecular weight is 868 g/mol. The van der Waals surface area contributed by atoms with Crippen LogP contribution in [0.1, 0.15) is 119 Å². The number of nitrogens with one attached hydrogen (secondary N) is 4. The maximum atomic E-state index is 14.9. The Kier molecular flexibility index (Phi) is 11.8. The number of fused-ring (bicyclic) bond motifs is 1. The van der Waals surface area contributed by atoms with E-state index in [1.165, 1.54) is 22.3 Å². The molecule has 6 rings (SSSR count). The Balaban J connectivity index is 1.36.